The van der Waals surface area contributed by atoms with E-state index in [0.717, 1.165) is 53.7 Å². The SMILES string of the molecule is O=C(CCN1CCN(c2cccc3cccnc23)CC1)c1csc2ccc(F)cc12. The lowest BCUT2D eigenvalue weighted by Gasteiger charge is -2.36. The third-order valence-electron chi connectivity index (χ3n) is 5.82. The molecule has 1 aliphatic heterocycles. The van der Waals surface area contributed by atoms with E-state index in [1.165, 1.54) is 29.2 Å². The summed E-state index contributed by atoms with van der Waals surface area (Å²) >= 11 is 1.50. The molecule has 3 heterocycles. The maximum absolute atomic E-state index is 13.6. The minimum Gasteiger partial charge on any atom is -0.367 e. The van der Waals surface area contributed by atoms with Crippen LogP contribution in [0.15, 0.2) is 60.1 Å². The number of para-hydroxylation sites is 1. The Morgan fingerprint density at radius 1 is 1.07 bits per heavy atom. The number of Topliss-reactive ketones (excluding diaryl/α,β-unsaturated/α-hetero) is 1. The van der Waals surface area contributed by atoms with E-state index in [0.29, 0.717) is 12.0 Å². The Bertz CT molecular complexity index is 1210. The molecule has 0 spiro atoms. The molecule has 2 aromatic carbocycles. The predicted octanol–water partition coefficient (Wildman–Crippen LogP) is 4.98. The van der Waals surface area contributed by atoms with Crippen LogP contribution in [0.4, 0.5) is 10.1 Å². The quantitative estimate of drug-likeness (QED) is 0.427. The Balaban J connectivity index is 1.21. The van der Waals surface area contributed by atoms with Crippen LogP contribution >= 0.6 is 11.3 Å². The summed E-state index contributed by atoms with van der Waals surface area (Å²) in [6, 6.07) is 15.0. The number of pyridine rings is 1. The first-order valence-electron chi connectivity index (χ1n) is 10.2. The second kappa shape index (κ2) is 8.13. The fraction of sp³-hybridized carbons (Fsp3) is 0.250. The number of piperazine rings is 1. The summed E-state index contributed by atoms with van der Waals surface area (Å²) in [6.45, 7) is 4.38. The summed E-state index contributed by atoms with van der Waals surface area (Å²) in [5, 5.41) is 3.75. The van der Waals surface area contributed by atoms with Crippen molar-refractivity contribution in [2.45, 2.75) is 6.42 Å². The van der Waals surface area contributed by atoms with Crippen LogP contribution < -0.4 is 4.90 Å². The van der Waals surface area contributed by atoms with Crippen molar-refractivity contribution in [2.24, 2.45) is 0 Å². The summed E-state index contributed by atoms with van der Waals surface area (Å²) < 4.78 is 14.5. The van der Waals surface area contributed by atoms with Crippen molar-refractivity contribution >= 4 is 43.8 Å². The van der Waals surface area contributed by atoms with Gasteiger partial charge in [-0.15, -0.1) is 11.3 Å². The summed E-state index contributed by atoms with van der Waals surface area (Å²) in [7, 11) is 0. The fourth-order valence-corrected chi connectivity index (χ4v) is 5.11. The van der Waals surface area contributed by atoms with Gasteiger partial charge in [0.2, 0.25) is 0 Å². The number of carbonyl (C=O) groups excluding carboxylic acids is 1. The number of halogens is 1. The van der Waals surface area contributed by atoms with Gasteiger partial charge >= 0.3 is 0 Å². The first-order chi connectivity index (χ1) is 14.7. The number of nitrogens with zero attached hydrogens (tertiary/aromatic N) is 3. The summed E-state index contributed by atoms with van der Waals surface area (Å²) in [5.41, 5.74) is 2.87. The van der Waals surface area contributed by atoms with Gasteiger partial charge in [0.1, 0.15) is 5.82 Å². The van der Waals surface area contributed by atoms with Gasteiger partial charge in [-0.1, -0.05) is 18.2 Å². The van der Waals surface area contributed by atoms with Gasteiger partial charge in [0.05, 0.1) is 11.2 Å². The molecule has 0 atom stereocenters. The van der Waals surface area contributed by atoms with E-state index in [1.807, 2.05) is 17.6 Å². The second-order valence-electron chi connectivity index (χ2n) is 7.64. The van der Waals surface area contributed by atoms with Crippen molar-refractivity contribution in [2.75, 3.05) is 37.6 Å². The number of hydrogen-bond acceptors (Lipinski definition) is 5. The van der Waals surface area contributed by atoms with E-state index >= 15 is 0 Å². The number of thiophene rings is 1. The molecule has 0 amide bonds. The average Bonchev–Trinajstić information content (AvgIpc) is 3.20. The smallest absolute Gasteiger partial charge is 0.165 e. The highest BCUT2D eigenvalue weighted by molar-refractivity contribution is 7.17. The third kappa shape index (κ3) is 3.68. The number of carbonyl (C=O) groups is 1. The van der Waals surface area contributed by atoms with Crippen LogP contribution in [0.2, 0.25) is 0 Å². The van der Waals surface area contributed by atoms with Gasteiger partial charge in [0.25, 0.3) is 0 Å². The molecule has 0 bridgehead atoms. The van der Waals surface area contributed by atoms with Crippen LogP contribution in [0.5, 0.6) is 0 Å². The predicted molar refractivity (Wildman–Crippen MR) is 121 cm³/mol. The summed E-state index contributed by atoms with van der Waals surface area (Å²) in [6.07, 6.45) is 2.30. The molecule has 0 radical (unpaired) electrons. The van der Waals surface area contributed by atoms with Gasteiger partial charge < -0.3 is 4.90 Å². The van der Waals surface area contributed by atoms with E-state index in [4.69, 9.17) is 0 Å². The van der Waals surface area contributed by atoms with Gasteiger partial charge in [0, 0.05) is 71.8 Å². The van der Waals surface area contributed by atoms with Gasteiger partial charge in [-0.3, -0.25) is 14.7 Å². The molecule has 152 valence electrons. The molecular weight excluding hydrogens is 397 g/mol. The number of aromatic nitrogens is 1. The molecule has 0 saturated carbocycles. The fourth-order valence-electron chi connectivity index (χ4n) is 4.17. The van der Waals surface area contributed by atoms with E-state index in [-0.39, 0.29) is 11.6 Å². The molecule has 6 heteroatoms. The van der Waals surface area contributed by atoms with E-state index in [2.05, 4.69) is 39.0 Å². The molecule has 1 aliphatic rings. The van der Waals surface area contributed by atoms with Crippen molar-refractivity contribution in [3.05, 3.63) is 71.5 Å². The summed E-state index contributed by atoms with van der Waals surface area (Å²) in [4.78, 5) is 22.0. The van der Waals surface area contributed by atoms with Gasteiger partial charge in [-0.05, 0) is 30.3 Å². The molecule has 30 heavy (non-hydrogen) atoms. The van der Waals surface area contributed by atoms with Gasteiger partial charge in [0.15, 0.2) is 5.78 Å². The maximum atomic E-state index is 13.6. The Hall–Kier alpha value is -2.83. The third-order valence-corrected chi connectivity index (χ3v) is 6.78. The largest absolute Gasteiger partial charge is 0.367 e. The molecule has 0 N–H and O–H groups in total. The Kier molecular flexibility index (Phi) is 5.19. The van der Waals surface area contributed by atoms with Crippen LogP contribution in [0.3, 0.4) is 0 Å². The van der Waals surface area contributed by atoms with Crippen molar-refractivity contribution in [1.29, 1.82) is 0 Å². The lowest BCUT2D eigenvalue weighted by atomic mass is 10.1. The van der Waals surface area contributed by atoms with Crippen LogP contribution in [0, 0.1) is 5.82 Å². The zero-order valence-corrected chi connectivity index (χ0v) is 17.4. The van der Waals surface area contributed by atoms with Gasteiger partial charge in [-0.2, -0.15) is 0 Å². The standard InChI is InChI=1S/C24H22FN3OS/c25-18-6-7-23-19(15-18)20(16-30-23)22(29)8-10-27-11-13-28(14-12-27)21-5-1-3-17-4-2-9-26-24(17)21/h1-7,9,15-16H,8,10-14H2. The number of hydrogen-bond donors (Lipinski definition) is 0. The minimum absolute atomic E-state index is 0.0903. The number of rotatable bonds is 5. The molecule has 2 aromatic heterocycles. The first-order valence-corrected chi connectivity index (χ1v) is 11.1. The van der Waals surface area contributed by atoms with Crippen molar-refractivity contribution in [3.8, 4) is 0 Å². The van der Waals surface area contributed by atoms with Crippen LogP contribution in [-0.4, -0.2) is 48.4 Å². The van der Waals surface area contributed by atoms with E-state index in [1.54, 1.807) is 6.07 Å². The van der Waals surface area contributed by atoms with Crippen LogP contribution in [-0.2, 0) is 0 Å². The number of anilines is 1. The maximum Gasteiger partial charge on any atom is 0.165 e. The molecule has 4 aromatic rings. The molecule has 0 unspecified atom stereocenters. The van der Waals surface area contributed by atoms with E-state index in [9.17, 15) is 9.18 Å². The Morgan fingerprint density at radius 3 is 2.77 bits per heavy atom. The van der Waals surface area contributed by atoms with Gasteiger partial charge in [-0.25, -0.2) is 4.39 Å². The number of benzene rings is 2. The molecule has 5 rings (SSSR count). The van der Waals surface area contributed by atoms with Crippen molar-refractivity contribution < 1.29 is 9.18 Å². The minimum atomic E-state index is -0.297. The van der Waals surface area contributed by atoms with Crippen LogP contribution in [0.1, 0.15) is 16.8 Å². The number of ketones is 1. The molecule has 4 nitrogen and oxygen atoms in total. The van der Waals surface area contributed by atoms with Crippen LogP contribution in [0.25, 0.3) is 21.0 Å². The highest BCUT2D eigenvalue weighted by atomic mass is 32.1. The molecular formula is C24H22FN3OS. The van der Waals surface area contributed by atoms with Crippen molar-refractivity contribution in [1.82, 2.24) is 9.88 Å². The molecule has 1 saturated heterocycles. The zero-order chi connectivity index (χ0) is 20.5. The number of fused-ring (bicyclic) bond motifs is 2. The Morgan fingerprint density at radius 2 is 1.90 bits per heavy atom. The lowest BCUT2D eigenvalue weighted by Crippen LogP contribution is -2.47. The second-order valence-corrected chi connectivity index (χ2v) is 8.56. The molecule has 0 aliphatic carbocycles. The Labute approximate surface area is 178 Å². The highest BCUT2D eigenvalue weighted by Gasteiger charge is 2.20. The van der Waals surface area contributed by atoms with Crippen molar-refractivity contribution in [3.63, 3.8) is 0 Å². The first kappa shape index (κ1) is 19.2. The molecule has 1 fully saturated rings. The topological polar surface area (TPSA) is 36.4 Å². The average molecular weight is 420 g/mol. The monoisotopic (exact) mass is 419 g/mol. The highest BCUT2D eigenvalue weighted by Crippen LogP contribution is 2.28. The van der Waals surface area contributed by atoms with E-state index < -0.39 is 0 Å². The normalized spacial score (nSPS) is 15.2. The summed E-state index contributed by atoms with van der Waals surface area (Å²) in [5.74, 6) is -0.207. The lowest BCUT2D eigenvalue weighted by molar-refractivity contribution is 0.0964. The zero-order valence-electron chi connectivity index (χ0n) is 16.6.